The number of aldehydes is 2. The minimum absolute atomic E-state index is 0.179. The number of thioether (sulfide) groups is 2. The fourth-order valence-corrected chi connectivity index (χ4v) is 27.1. The van der Waals surface area contributed by atoms with Gasteiger partial charge in [-0.15, -0.1) is 23.5 Å². The molecule has 0 aromatic heterocycles. The Morgan fingerprint density at radius 1 is 0.550 bits per heavy atom. The molecule has 0 bridgehead atoms. The van der Waals surface area contributed by atoms with Crippen molar-refractivity contribution in [1.29, 1.82) is 0 Å². The van der Waals surface area contributed by atoms with Crippen LogP contribution >= 0.6 is 23.5 Å². The predicted octanol–water partition coefficient (Wildman–Crippen LogP) is 2.88. The number of rotatable bonds is 19. The number of carbonyl (C=O) groups is 2. The number of ether oxygens (including phenoxy) is 2. The second-order valence-electron chi connectivity index (χ2n) is 11.1. The maximum atomic E-state index is 9.91. The summed E-state index contributed by atoms with van der Waals surface area (Å²) >= 11 is 2.67. The third kappa shape index (κ3) is 35.1. The van der Waals surface area contributed by atoms with Gasteiger partial charge in [-0.1, -0.05) is 0 Å². The molecule has 0 aliphatic rings. The minimum Gasteiger partial charge on any atom is -0.437 e. The highest BCUT2D eigenvalue weighted by molar-refractivity contribution is 8.00. The molecule has 0 unspecified atom stereocenters. The van der Waals surface area contributed by atoms with E-state index in [4.69, 9.17) is 35.5 Å². The van der Waals surface area contributed by atoms with E-state index in [0.717, 1.165) is 0 Å². The summed E-state index contributed by atoms with van der Waals surface area (Å²) < 4.78 is 33.1. The van der Waals surface area contributed by atoms with Gasteiger partial charge in [-0.25, -0.2) is 0 Å². The van der Waals surface area contributed by atoms with E-state index < -0.39 is 51.4 Å². The van der Waals surface area contributed by atoms with Gasteiger partial charge in [0.05, 0.1) is 22.6 Å². The molecule has 0 saturated heterocycles. The molecular formula is C20H54O12S2Si6. The zero-order valence-corrected chi connectivity index (χ0v) is 33.9. The van der Waals surface area contributed by atoms with Crippen LogP contribution in [-0.2, 0) is 35.5 Å². The van der Waals surface area contributed by atoms with Gasteiger partial charge in [0.15, 0.2) is 29.2 Å². The molecule has 0 aliphatic heterocycles. The van der Waals surface area contributed by atoms with Crippen molar-refractivity contribution >= 4 is 87.5 Å². The number of carbonyl (C=O) groups excluding carboxylic acids is 2. The van der Waals surface area contributed by atoms with E-state index in [1.165, 1.54) is 23.5 Å². The van der Waals surface area contributed by atoms with E-state index in [1.54, 1.807) is 0 Å². The predicted molar refractivity (Wildman–Crippen MR) is 176 cm³/mol. The monoisotopic (exact) mass is 718 g/mol. The third-order valence-electron chi connectivity index (χ3n) is 3.30. The van der Waals surface area contributed by atoms with Crippen molar-refractivity contribution in [1.82, 2.24) is 0 Å². The Kier molecular flexibility index (Phi) is 24.5. The Bertz CT molecular complexity index is 621. The topological polar surface area (TPSA) is 170 Å². The molecule has 0 aromatic rings. The lowest BCUT2D eigenvalue weighted by molar-refractivity contribution is -0.122. The van der Waals surface area contributed by atoms with Gasteiger partial charge in [0.1, 0.15) is 0 Å². The van der Waals surface area contributed by atoms with Crippen molar-refractivity contribution in [2.24, 2.45) is 0 Å². The molecule has 0 fully saturated rings. The molecule has 12 nitrogen and oxygen atoms in total. The molecule has 0 atom stereocenters. The summed E-state index contributed by atoms with van der Waals surface area (Å²) in [6.45, 7) is 24.8. The largest absolute Gasteiger partial charge is 0.497 e. The van der Waals surface area contributed by atoms with Crippen LogP contribution in [0.1, 0.15) is 13.8 Å². The van der Waals surface area contributed by atoms with Gasteiger partial charge in [-0.2, -0.15) is 0 Å². The maximum Gasteiger partial charge on any atom is 0.497 e. The van der Waals surface area contributed by atoms with Gasteiger partial charge in [-0.05, 0) is 79.3 Å². The zero-order valence-electron chi connectivity index (χ0n) is 26.3. The molecule has 0 aromatic carbocycles. The molecular weight excluding hydrogens is 665 g/mol. The summed E-state index contributed by atoms with van der Waals surface area (Å²) in [6, 6.07) is 0. The normalized spacial score (nSPS) is 13.1. The van der Waals surface area contributed by atoms with Crippen molar-refractivity contribution in [3.8, 4) is 0 Å². The summed E-state index contributed by atoms with van der Waals surface area (Å²) in [4.78, 5) is 57.3. The van der Waals surface area contributed by atoms with Gasteiger partial charge >= 0.3 is 34.7 Å². The summed E-state index contributed by atoms with van der Waals surface area (Å²) in [5.41, 5.74) is 0. The first-order chi connectivity index (χ1) is 17.9. The molecule has 0 spiro atoms. The zero-order chi connectivity index (χ0) is 32.3. The molecule has 0 aliphatic carbocycles. The Hall–Kier alpha value is 0.941. The Labute approximate surface area is 256 Å². The van der Waals surface area contributed by atoms with Crippen molar-refractivity contribution < 1.29 is 54.7 Å². The van der Waals surface area contributed by atoms with Crippen molar-refractivity contribution in [2.45, 2.75) is 79.3 Å². The lowest BCUT2D eigenvalue weighted by Crippen LogP contribution is -2.56. The molecule has 0 radical (unpaired) electrons. The van der Waals surface area contributed by atoms with E-state index in [9.17, 15) is 19.2 Å². The minimum atomic E-state index is -3.65. The average molecular weight is 719 g/mol. The average Bonchev–Trinajstić information content (AvgIpc) is 2.69. The van der Waals surface area contributed by atoms with Gasteiger partial charge in [0.25, 0.3) is 0 Å². The van der Waals surface area contributed by atoms with Crippen LogP contribution in [0.4, 0.5) is 0 Å². The highest BCUT2D eigenvalue weighted by Gasteiger charge is 2.44. The van der Waals surface area contributed by atoms with Crippen LogP contribution < -0.4 is 0 Å². The first-order valence-corrected chi connectivity index (χ1v) is 31.5. The first-order valence-electron chi connectivity index (χ1n) is 12.8. The van der Waals surface area contributed by atoms with Crippen molar-refractivity contribution in [3.63, 3.8) is 0 Å². The van der Waals surface area contributed by atoms with Gasteiger partial charge in [0.2, 0.25) is 0 Å². The van der Waals surface area contributed by atoms with E-state index in [1.807, 2.05) is 40.0 Å². The Morgan fingerprint density at radius 2 is 0.825 bits per heavy atom. The fourth-order valence-electron chi connectivity index (χ4n) is 3.00. The van der Waals surface area contributed by atoms with Crippen LogP contribution in [0.5, 0.6) is 0 Å². The van der Waals surface area contributed by atoms with Gasteiger partial charge < -0.3 is 45.1 Å². The highest BCUT2D eigenvalue weighted by Crippen LogP contribution is 2.21. The molecule has 40 heavy (non-hydrogen) atoms. The Morgan fingerprint density at radius 3 is 1.02 bits per heavy atom. The summed E-state index contributed by atoms with van der Waals surface area (Å²) in [5, 5.41) is 0.358. The first kappa shape index (κ1) is 45.4. The fraction of sp³-hybridized carbons (Fsp3) is 0.900. The lowest BCUT2D eigenvalue weighted by Gasteiger charge is -2.34. The van der Waals surface area contributed by atoms with E-state index >= 15 is 0 Å². The van der Waals surface area contributed by atoms with Crippen LogP contribution in [0.25, 0.3) is 0 Å². The molecule has 4 N–H and O–H groups in total. The summed E-state index contributed by atoms with van der Waals surface area (Å²) in [6.07, 6.45) is 0.389. The van der Waals surface area contributed by atoms with Crippen molar-refractivity contribution in [2.75, 3.05) is 35.8 Å². The molecule has 0 heterocycles. The second kappa shape index (κ2) is 21.6. The summed E-state index contributed by atoms with van der Waals surface area (Å²) in [5.74, 6) is 0.902. The number of hydrogen-bond acceptors (Lipinski definition) is 14. The maximum absolute atomic E-state index is 9.91. The molecule has 0 saturated carbocycles. The molecule has 20 heteroatoms. The van der Waals surface area contributed by atoms with Crippen LogP contribution in [0, 0.1) is 0 Å². The quantitative estimate of drug-likeness (QED) is 0.0505. The van der Waals surface area contributed by atoms with Crippen LogP contribution in [-0.4, -0.2) is 119 Å². The second-order valence-corrected chi connectivity index (χ2v) is 35.0. The molecule has 242 valence electrons. The van der Waals surface area contributed by atoms with Crippen molar-refractivity contribution in [3.05, 3.63) is 0 Å². The third-order valence-corrected chi connectivity index (χ3v) is 24.0. The van der Waals surface area contributed by atoms with E-state index in [2.05, 4.69) is 39.3 Å². The summed E-state index contributed by atoms with van der Waals surface area (Å²) in [7, 11) is -15.7. The van der Waals surface area contributed by atoms with Gasteiger partial charge in [0, 0.05) is 13.2 Å². The standard InChI is InChI=1S/2C9H26O5SSi3.C2H2O2/c2*1-7-12-8-15-9-18(10,11)14-17(5,6)13-16(2,3)4;3-1-2-4/h2*10-11H,7-9H2,1-6H3;1-2H. The molecule has 0 rings (SSSR count). The smallest absolute Gasteiger partial charge is 0.437 e. The van der Waals surface area contributed by atoms with Crippen LogP contribution in [0.2, 0.25) is 65.5 Å². The van der Waals surface area contributed by atoms with E-state index in [-0.39, 0.29) is 23.3 Å². The highest BCUT2D eigenvalue weighted by atomic mass is 32.2. The van der Waals surface area contributed by atoms with Gasteiger partial charge in [-0.3, -0.25) is 9.59 Å². The van der Waals surface area contributed by atoms with Crippen LogP contribution in [0.15, 0.2) is 0 Å². The van der Waals surface area contributed by atoms with Crippen LogP contribution in [0.3, 0.4) is 0 Å². The SMILES string of the molecule is CCOCSC[Si](O)(O)O[Si](C)(C)O[Si](C)(C)C.CCOCSC[Si](O)(O)O[Si](C)(C)O[Si](C)(C)C.O=CC=O. The Balaban J connectivity index is -0.000000603. The van der Waals surface area contributed by atoms with E-state index in [0.29, 0.717) is 25.1 Å². The lowest BCUT2D eigenvalue weighted by atomic mass is 10.9. The number of hydrogen-bond donors (Lipinski definition) is 4. The molecule has 0 amide bonds.